The van der Waals surface area contributed by atoms with Crippen LogP contribution in [0.1, 0.15) is 26.5 Å². The average molecular weight is 688 g/mol. The number of ether oxygens (including phenoxy) is 2. The molecule has 4 heterocycles. The third-order valence-electron chi connectivity index (χ3n) is 6.83. The van der Waals surface area contributed by atoms with Crippen LogP contribution in [-0.4, -0.2) is 133 Å². The Bertz CT molecular complexity index is 1450. The number of aliphatic hydroxyl groups excluding tert-OH is 7. The highest BCUT2D eigenvalue weighted by Gasteiger charge is 2.47. The second kappa shape index (κ2) is 13.9. The molecule has 2 saturated heterocycles. The fourth-order valence-electron chi connectivity index (χ4n) is 4.48. The van der Waals surface area contributed by atoms with Crippen LogP contribution in [0.3, 0.4) is 0 Å². The number of carbonyl (C=O) groups is 1. The van der Waals surface area contributed by atoms with Gasteiger partial charge in [-0.05, 0) is 5.92 Å². The van der Waals surface area contributed by atoms with Crippen molar-refractivity contribution >= 4 is 38.4 Å². The Morgan fingerprint density at radius 3 is 2.40 bits per heavy atom. The zero-order chi connectivity index (χ0) is 33.4. The molecule has 0 radical (unpaired) electrons. The number of imidazole rings is 1. The van der Waals surface area contributed by atoms with Gasteiger partial charge < -0.3 is 55.0 Å². The van der Waals surface area contributed by atoms with Gasteiger partial charge in [0, 0.05) is 6.42 Å². The smallest absolute Gasteiger partial charge is 0.394 e. The first kappa shape index (κ1) is 35.6. The van der Waals surface area contributed by atoms with Gasteiger partial charge in [-0.15, -0.1) is 0 Å². The molecule has 0 aromatic carbocycles. The van der Waals surface area contributed by atoms with Crippen molar-refractivity contribution in [1.29, 1.82) is 0 Å². The second-order valence-electron chi connectivity index (χ2n) is 10.5. The fraction of sp³-hybridized carbons (Fsp3) is 0.714. The SMILES string of the molecule is CC(C)[C@H](O)[C@@H](O)C(=O)NP(=O)(O)O[C@@H]1C[C@H](O)[C@H](n2cnc3c(NP(=O)(O)O[C@@H]4[C@@H](O)[C@H](O)[C@@H](CO)O[C@@H]4O)ncnc32)O1. The van der Waals surface area contributed by atoms with E-state index >= 15 is 0 Å². The van der Waals surface area contributed by atoms with Crippen LogP contribution in [0, 0.1) is 5.92 Å². The zero-order valence-corrected chi connectivity index (χ0v) is 25.3. The molecule has 2 aromatic heterocycles. The van der Waals surface area contributed by atoms with E-state index in [1.807, 2.05) is 0 Å². The highest BCUT2D eigenvalue weighted by Crippen LogP contribution is 2.47. The summed E-state index contributed by atoms with van der Waals surface area (Å²) in [4.78, 5) is 44.5. The number of amides is 1. The summed E-state index contributed by atoms with van der Waals surface area (Å²) in [5.74, 6) is -2.34. The zero-order valence-electron chi connectivity index (χ0n) is 23.5. The predicted octanol–water partition coefficient (Wildman–Crippen LogP) is -3.63. The maximum absolute atomic E-state index is 12.9. The van der Waals surface area contributed by atoms with E-state index in [9.17, 15) is 59.5 Å². The number of hydrogen-bond donors (Lipinski definition) is 11. The molecule has 22 nitrogen and oxygen atoms in total. The van der Waals surface area contributed by atoms with Crippen molar-refractivity contribution in [3.63, 3.8) is 0 Å². The van der Waals surface area contributed by atoms with E-state index < -0.39 is 108 Å². The van der Waals surface area contributed by atoms with Crippen LogP contribution in [0.5, 0.6) is 0 Å². The molecule has 0 bridgehead atoms. The Kier molecular flexibility index (Phi) is 11.0. The first-order valence-corrected chi connectivity index (χ1v) is 16.4. The quantitative estimate of drug-likeness (QED) is 0.0958. The van der Waals surface area contributed by atoms with Gasteiger partial charge in [-0.2, -0.15) is 0 Å². The molecule has 2 unspecified atom stereocenters. The van der Waals surface area contributed by atoms with Crippen molar-refractivity contribution in [2.75, 3.05) is 11.7 Å². The summed E-state index contributed by atoms with van der Waals surface area (Å²) in [5, 5.41) is 73.4. The number of rotatable bonds is 12. The topological polar surface area (TPSA) is 338 Å². The number of aromatic nitrogens is 4. The van der Waals surface area contributed by atoms with E-state index in [1.54, 1.807) is 5.09 Å². The summed E-state index contributed by atoms with van der Waals surface area (Å²) in [5.41, 5.74) is -0.263. The fourth-order valence-corrected chi connectivity index (χ4v) is 6.44. The lowest BCUT2D eigenvalue weighted by Gasteiger charge is -2.40. The Labute approximate surface area is 253 Å². The molecule has 0 aliphatic carbocycles. The van der Waals surface area contributed by atoms with Crippen LogP contribution in [0.15, 0.2) is 12.7 Å². The van der Waals surface area contributed by atoms with E-state index in [1.165, 1.54) is 13.8 Å². The van der Waals surface area contributed by atoms with Gasteiger partial charge in [-0.1, -0.05) is 13.8 Å². The molecule has 254 valence electrons. The van der Waals surface area contributed by atoms with Crippen LogP contribution in [0.25, 0.3) is 11.2 Å². The first-order chi connectivity index (χ1) is 20.9. The maximum Gasteiger partial charge on any atom is 0.434 e. The van der Waals surface area contributed by atoms with E-state index in [0.717, 1.165) is 17.2 Å². The summed E-state index contributed by atoms with van der Waals surface area (Å²) in [6.45, 7) is 2.25. The van der Waals surface area contributed by atoms with E-state index in [2.05, 4.69) is 20.0 Å². The molecular weight excluding hydrogens is 654 g/mol. The Balaban J connectivity index is 1.45. The van der Waals surface area contributed by atoms with E-state index in [0.29, 0.717) is 0 Å². The molecule has 4 rings (SSSR count). The lowest BCUT2D eigenvalue weighted by molar-refractivity contribution is -0.281. The number of fused-ring (bicyclic) bond motifs is 1. The molecule has 2 fully saturated rings. The van der Waals surface area contributed by atoms with Gasteiger partial charge in [0.2, 0.25) is 0 Å². The average Bonchev–Trinajstić information content (AvgIpc) is 3.54. The number of anilines is 1. The van der Waals surface area contributed by atoms with Crippen molar-refractivity contribution in [2.24, 2.45) is 5.92 Å². The lowest BCUT2D eigenvalue weighted by Crippen LogP contribution is -2.59. The van der Waals surface area contributed by atoms with Crippen molar-refractivity contribution < 1.29 is 78.0 Å². The van der Waals surface area contributed by atoms with Gasteiger partial charge in [0.15, 0.2) is 41.9 Å². The standard InChI is InChI=1S/C21H34N6O16P2/c1-7(2)12(30)15(33)19(34)26-45(38,39)42-10-3-8(29)20(41-10)27-6-24-11-17(22-5-23-18(11)27)25-44(36,37)43-16-14(32)13(31)9(4-28)40-21(16)35/h5-10,12-16,20-21,28-33,35H,3-4H2,1-2H3,(H2,26,34,38,39)(H2,22,23,25,36,37)/t8-,9+,10+,12-,13+,14-,15+,16+,20+,21-/m0/s1. The summed E-state index contributed by atoms with van der Waals surface area (Å²) in [7, 11) is -9.98. The highest BCUT2D eigenvalue weighted by molar-refractivity contribution is 7.54. The molecule has 0 spiro atoms. The predicted molar refractivity (Wildman–Crippen MR) is 144 cm³/mol. The van der Waals surface area contributed by atoms with Gasteiger partial charge in [0.25, 0.3) is 5.91 Å². The number of nitrogens with zero attached hydrogens (tertiary/aromatic N) is 4. The molecule has 2 aliphatic heterocycles. The Morgan fingerprint density at radius 2 is 1.76 bits per heavy atom. The van der Waals surface area contributed by atoms with Crippen molar-refractivity contribution in [2.45, 2.75) is 81.8 Å². The molecule has 2 aromatic rings. The number of nitrogens with one attached hydrogen (secondary N) is 2. The third-order valence-corrected chi connectivity index (χ3v) is 8.88. The summed E-state index contributed by atoms with van der Waals surface area (Å²) < 4.78 is 46.7. The molecular formula is C21H34N6O16P2. The van der Waals surface area contributed by atoms with Gasteiger partial charge in [-0.25, -0.2) is 24.1 Å². The molecule has 0 saturated carbocycles. The van der Waals surface area contributed by atoms with Gasteiger partial charge >= 0.3 is 15.5 Å². The van der Waals surface area contributed by atoms with Crippen molar-refractivity contribution in [1.82, 2.24) is 24.6 Å². The van der Waals surface area contributed by atoms with Crippen LogP contribution in [0.4, 0.5) is 5.82 Å². The molecule has 1 amide bonds. The Hall–Kier alpha value is -2.24. The van der Waals surface area contributed by atoms with Crippen molar-refractivity contribution in [3.8, 4) is 0 Å². The van der Waals surface area contributed by atoms with Crippen LogP contribution < -0.4 is 10.2 Å². The number of hydrogen-bond acceptors (Lipinski definition) is 17. The van der Waals surface area contributed by atoms with E-state index in [4.69, 9.17) is 18.5 Å². The summed E-state index contributed by atoms with van der Waals surface area (Å²) >= 11 is 0. The monoisotopic (exact) mass is 688 g/mol. The van der Waals surface area contributed by atoms with Crippen molar-refractivity contribution in [3.05, 3.63) is 12.7 Å². The molecule has 45 heavy (non-hydrogen) atoms. The first-order valence-electron chi connectivity index (χ1n) is 13.2. The minimum atomic E-state index is -5.00. The van der Waals surface area contributed by atoms with Crippen LogP contribution in [-0.2, 0) is 32.4 Å². The third kappa shape index (κ3) is 8.01. The van der Waals surface area contributed by atoms with Crippen LogP contribution in [0.2, 0.25) is 0 Å². The molecule has 12 atom stereocenters. The Morgan fingerprint density at radius 1 is 1.07 bits per heavy atom. The second-order valence-corrected chi connectivity index (χ2v) is 13.5. The minimum Gasteiger partial charge on any atom is -0.394 e. The van der Waals surface area contributed by atoms with Gasteiger partial charge in [0.05, 0.1) is 19.0 Å². The molecule has 24 heteroatoms. The highest BCUT2D eigenvalue weighted by atomic mass is 31.2. The van der Waals surface area contributed by atoms with Crippen LogP contribution >= 0.6 is 15.5 Å². The maximum atomic E-state index is 12.9. The molecule has 11 N–H and O–H groups in total. The summed E-state index contributed by atoms with van der Waals surface area (Å²) in [6.07, 6.45) is -15.3. The summed E-state index contributed by atoms with van der Waals surface area (Å²) in [6, 6.07) is 0. The van der Waals surface area contributed by atoms with E-state index in [-0.39, 0.29) is 11.2 Å². The largest absolute Gasteiger partial charge is 0.434 e. The van der Waals surface area contributed by atoms with Gasteiger partial charge in [0.1, 0.15) is 36.8 Å². The lowest BCUT2D eigenvalue weighted by atomic mass is 9.99. The number of carbonyl (C=O) groups excluding carboxylic acids is 1. The van der Waals surface area contributed by atoms with Gasteiger partial charge in [-0.3, -0.25) is 28.6 Å². The minimum absolute atomic E-state index is 0.0919. The normalized spacial score (nSPS) is 33.0. The molecule has 2 aliphatic rings. The number of aliphatic hydroxyl groups is 7.